The van der Waals surface area contributed by atoms with Crippen LogP contribution in [-0.2, 0) is 0 Å². The molecule has 4 N–H and O–H groups in total. The van der Waals surface area contributed by atoms with E-state index >= 15 is 4.39 Å². The Morgan fingerprint density at radius 2 is 1.97 bits per heavy atom. The first-order chi connectivity index (χ1) is 17.4. The number of nitrogens with zero attached hydrogens (tertiary/aromatic N) is 4. The molecule has 36 heavy (non-hydrogen) atoms. The highest BCUT2D eigenvalue weighted by Gasteiger charge is 2.27. The van der Waals surface area contributed by atoms with Gasteiger partial charge in [0.05, 0.1) is 30.9 Å². The maximum Gasteiger partial charge on any atom is 0.330 e. The SMILES string of the molecule is Cc1cc2c(F)c(Oc3cc(Nc4cc(-c5ccco5)[nH]n4)[n+](N4CCN(C)CC4)[nH]3)c(F)cc2[nH]1. The average molecular weight is 496 g/mol. The Bertz CT molecular complexity index is 1510. The highest BCUT2D eigenvalue weighted by Crippen LogP contribution is 2.33. The second-order valence-corrected chi connectivity index (χ2v) is 8.86. The number of fused-ring (bicyclic) bond motifs is 1. The Balaban J connectivity index is 1.33. The third kappa shape index (κ3) is 4.05. The van der Waals surface area contributed by atoms with E-state index in [0.29, 0.717) is 28.6 Å². The van der Waals surface area contributed by atoms with Crippen LogP contribution < -0.4 is 19.9 Å². The lowest BCUT2D eigenvalue weighted by Gasteiger charge is -2.30. The molecule has 1 fully saturated rings. The minimum absolute atomic E-state index is 0.169. The lowest BCUT2D eigenvalue weighted by atomic mass is 10.2. The van der Waals surface area contributed by atoms with Crippen molar-refractivity contribution < 1.29 is 22.7 Å². The zero-order chi connectivity index (χ0) is 24.8. The van der Waals surface area contributed by atoms with Gasteiger partial charge in [0, 0.05) is 36.3 Å². The van der Waals surface area contributed by atoms with Crippen molar-refractivity contribution >= 4 is 22.5 Å². The molecule has 0 unspecified atom stereocenters. The second kappa shape index (κ2) is 8.72. The van der Waals surface area contributed by atoms with Crippen LogP contribution in [0.15, 0.2) is 47.1 Å². The zero-order valence-electron chi connectivity index (χ0n) is 19.7. The molecule has 12 heteroatoms. The quantitative estimate of drug-likeness (QED) is 0.267. The molecule has 1 saturated heterocycles. The Labute approximate surface area is 204 Å². The van der Waals surface area contributed by atoms with E-state index in [1.807, 2.05) is 12.1 Å². The first-order valence-electron chi connectivity index (χ1n) is 11.5. The standard InChI is InChI=1S/C24H24F2N8O2/c1-14-10-15-17(27-14)11-16(25)24(23(15)26)36-22-13-21(34(31-22)33-7-5-32(2)6-8-33)28-20-12-18(29-30-20)19-4-3-9-35-19/h3-4,9-13,27H,5-8H2,1-2H3,(H2,28,29,30,31)/p+1. The normalized spacial score (nSPS) is 14.6. The van der Waals surface area contributed by atoms with Crippen molar-refractivity contribution in [1.29, 1.82) is 0 Å². The number of piperazine rings is 1. The summed E-state index contributed by atoms with van der Waals surface area (Å²) in [6, 6.07) is 9.93. The number of anilines is 2. The molecule has 1 aliphatic rings. The highest BCUT2D eigenvalue weighted by molar-refractivity contribution is 5.83. The fourth-order valence-corrected chi connectivity index (χ4v) is 4.35. The van der Waals surface area contributed by atoms with Gasteiger partial charge in [-0.15, -0.1) is 5.10 Å². The van der Waals surface area contributed by atoms with Crippen LogP contribution >= 0.6 is 0 Å². The van der Waals surface area contributed by atoms with Crippen LogP contribution in [0, 0.1) is 18.6 Å². The van der Waals surface area contributed by atoms with Gasteiger partial charge in [-0.1, -0.05) is 0 Å². The maximum atomic E-state index is 15.2. The average Bonchev–Trinajstić information content (AvgIpc) is 3.65. The number of hydrogen-bond acceptors (Lipinski definition) is 6. The summed E-state index contributed by atoms with van der Waals surface area (Å²) < 4.78 is 41.1. The first-order valence-corrected chi connectivity index (χ1v) is 11.5. The predicted octanol–water partition coefficient (Wildman–Crippen LogP) is 3.77. The number of nitrogens with one attached hydrogen (secondary N) is 4. The molecule has 0 radical (unpaired) electrons. The van der Waals surface area contributed by atoms with Crippen molar-refractivity contribution in [1.82, 2.24) is 25.2 Å². The maximum absolute atomic E-state index is 15.2. The van der Waals surface area contributed by atoms with Crippen LogP contribution in [-0.4, -0.2) is 58.4 Å². The molecule has 5 aromatic rings. The molecule has 0 atom stereocenters. The molecule has 0 bridgehead atoms. The summed E-state index contributed by atoms with van der Waals surface area (Å²) in [5.41, 5.74) is 1.81. The monoisotopic (exact) mass is 495 g/mol. The lowest BCUT2D eigenvalue weighted by molar-refractivity contribution is -0.734. The minimum atomic E-state index is -0.799. The van der Waals surface area contributed by atoms with Crippen LogP contribution in [0.4, 0.5) is 20.4 Å². The summed E-state index contributed by atoms with van der Waals surface area (Å²) in [7, 11) is 2.06. The van der Waals surface area contributed by atoms with Crippen LogP contribution in [0.25, 0.3) is 22.4 Å². The summed E-state index contributed by atoms with van der Waals surface area (Å²) in [4.78, 5) is 6.95. The predicted molar refractivity (Wildman–Crippen MR) is 129 cm³/mol. The number of H-pyrrole nitrogens is 3. The number of aromatic nitrogens is 5. The summed E-state index contributed by atoms with van der Waals surface area (Å²) >= 11 is 0. The molecule has 6 rings (SSSR count). The fraction of sp³-hybridized carbons (Fsp3) is 0.250. The number of aromatic amines is 3. The van der Waals surface area contributed by atoms with Crippen molar-refractivity contribution in [2.45, 2.75) is 6.92 Å². The zero-order valence-corrected chi connectivity index (χ0v) is 19.7. The Morgan fingerprint density at radius 1 is 1.14 bits per heavy atom. The second-order valence-electron chi connectivity index (χ2n) is 8.86. The van der Waals surface area contributed by atoms with Gasteiger partial charge in [0.2, 0.25) is 17.4 Å². The molecular formula is C24H25F2N8O2+. The molecule has 0 amide bonds. The molecule has 0 spiro atoms. The van der Waals surface area contributed by atoms with E-state index in [4.69, 9.17) is 9.15 Å². The van der Waals surface area contributed by atoms with E-state index in [9.17, 15) is 4.39 Å². The molecule has 0 aliphatic carbocycles. The molecule has 5 heterocycles. The van der Waals surface area contributed by atoms with Gasteiger partial charge in [0.25, 0.3) is 0 Å². The third-order valence-electron chi connectivity index (χ3n) is 6.21. The van der Waals surface area contributed by atoms with Crippen molar-refractivity contribution in [2.75, 3.05) is 43.6 Å². The molecule has 1 aliphatic heterocycles. The number of likely N-dealkylation sites (N-methyl/N-ethyl adjacent to an activating group) is 1. The van der Waals surface area contributed by atoms with Crippen LogP contribution in [0.3, 0.4) is 0 Å². The van der Waals surface area contributed by atoms with Gasteiger partial charge in [-0.3, -0.25) is 5.10 Å². The summed E-state index contributed by atoms with van der Waals surface area (Å²) in [5.74, 6) is -0.0837. The summed E-state index contributed by atoms with van der Waals surface area (Å²) in [5, 5.41) is 16.0. The number of benzene rings is 1. The van der Waals surface area contributed by atoms with Crippen molar-refractivity contribution in [3.05, 3.63) is 60.0 Å². The number of halogens is 2. The first kappa shape index (κ1) is 22.2. The van der Waals surface area contributed by atoms with Gasteiger partial charge < -0.3 is 19.0 Å². The number of hydrogen-bond donors (Lipinski definition) is 4. The lowest BCUT2D eigenvalue weighted by Crippen LogP contribution is -2.65. The van der Waals surface area contributed by atoms with Crippen LogP contribution in [0.5, 0.6) is 11.6 Å². The number of furan rings is 1. The molecule has 4 aromatic heterocycles. The van der Waals surface area contributed by atoms with Crippen LogP contribution in [0.2, 0.25) is 0 Å². The van der Waals surface area contributed by atoms with Crippen molar-refractivity contribution in [3.8, 4) is 23.1 Å². The van der Waals surface area contributed by atoms with Gasteiger partial charge in [-0.2, -0.15) is 5.10 Å². The largest absolute Gasteiger partial charge is 0.463 e. The van der Waals surface area contributed by atoms with E-state index in [1.165, 1.54) is 6.07 Å². The third-order valence-corrected chi connectivity index (χ3v) is 6.21. The molecule has 10 nitrogen and oxygen atoms in total. The topological polar surface area (TPSA) is 105 Å². The molecular weight excluding hydrogens is 470 g/mol. The van der Waals surface area contributed by atoms with Gasteiger partial charge in [0.1, 0.15) is 5.69 Å². The van der Waals surface area contributed by atoms with E-state index in [1.54, 1.807) is 36.2 Å². The molecule has 1 aromatic carbocycles. The molecule has 0 saturated carbocycles. The van der Waals surface area contributed by atoms with Crippen LogP contribution in [0.1, 0.15) is 5.69 Å². The minimum Gasteiger partial charge on any atom is -0.463 e. The van der Waals surface area contributed by atoms with E-state index in [2.05, 4.69) is 42.6 Å². The Hall–Kier alpha value is -4.32. The van der Waals surface area contributed by atoms with Crippen molar-refractivity contribution in [2.24, 2.45) is 0 Å². The van der Waals surface area contributed by atoms with E-state index in [-0.39, 0.29) is 11.3 Å². The summed E-state index contributed by atoms with van der Waals surface area (Å²) in [6.07, 6.45) is 1.59. The molecule has 186 valence electrons. The fourth-order valence-electron chi connectivity index (χ4n) is 4.35. The van der Waals surface area contributed by atoms with Crippen molar-refractivity contribution in [3.63, 3.8) is 0 Å². The number of ether oxygens (including phenoxy) is 1. The van der Waals surface area contributed by atoms with Gasteiger partial charge in [-0.05, 0) is 37.0 Å². The van der Waals surface area contributed by atoms with E-state index in [0.717, 1.165) is 31.9 Å². The highest BCUT2D eigenvalue weighted by atomic mass is 19.1. The smallest absolute Gasteiger partial charge is 0.330 e. The number of rotatable bonds is 6. The Morgan fingerprint density at radius 3 is 2.75 bits per heavy atom. The number of aryl methyl sites for hydroxylation is 1. The van der Waals surface area contributed by atoms with Gasteiger partial charge >= 0.3 is 5.82 Å². The Kier molecular flexibility index (Phi) is 5.37. The summed E-state index contributed by atoms with van der Waals surface area (Å²) in [6.45, 7) is 4.99. The van der Waals surface area contributed by atoms with E-state index < -0.39 is 17.4 Å². The van der Waals surface area contributed by atoms with Gasteiger partial charge in [-0.25, -0.2) is 19.1 Å². The van der Waals surface area contributed by atoms with Gasteiger partial charge in [0.15, 0.2) is 17.4 Å².